The molecule has 1 aliphatic rings. The van der Waals surface area contributed by atoms with Gasteiger partial charge in [0, 0.05) is 19.8 Å². The lowest BCUT2D eigenvalue weighted by Crippen LogP contribution is -2.46. The summed E-state index contributed by atoms with van der Waals surface area (Å²) in [5.41, 5.74) is 0.620. The van der Waals surface area contributed by atoms with Gasteiger partial charge in [0.05, 0.1) is 0 Å². The largest absolute Gasteiger partial charge is 0.490 e. The Hall–Kier alpha value is -1.06. The van der Waals surface area contributed by atoms with Crippen LogP contribution in [0.1, 0.15) is 12.5 Å². The summed E-state index contributed by atoms with van der Waals surface area (Å²) < 4.78 is 16.6. The molecule has 3 heteroatoms. The summed E-state index contributed by atoms with van der Waals surface area (Å²) in [7, 11) is 3.38. The van der Waals surface area contributed by atoms with Crippen LogP contribution >= 0.6 is 0 Å². The van der Waals surface area contributed by atoms with Crippen LogP contribution in [0.4, 0.5) is 0 Å². The van der Waals surface area contributed by atoms with Crippen LogP contribution in [0.3, 0.4) is 0 Å². The van der Waals surface area contributed by atoms with E-state index in [-0.39, 0.29) is 6.10 Å². The molecule has 0 N–H and O–H groups in total. The first-order chi connectivity index (χ1) is 7.22. The lowest BCUT2D eigenvalue weighted by molar-refractivity contribution is -0.137. The van der Waals surface area contributed by atoms with Crippen molar-refractivity contribution in [3.63, 3.8) is 0 Å². The van der Waals surface area contributed by atoms with Crippen LogP contribution in [0.25, 0.3) is 0 Å². The van der Waals surface area contributed by atoms with Gasteiger partial charge in [0.15, 0.2) is 0 Å². The van der Waals surface area contributed by atoms with Crippen molar-refractivity contribution in [3.8, 4) is 5.75 Å². The van der Waals surface area contributed by atoms with E-state index in [1.165, 1.54) is 0 Å². The fraction of sp³-hybridized carbons (Fsp3) is 0.500. The topological polar surface area (TPSA) is 27.7 Å². The fourth-order valence-electron chi connectivity index (χ4n) is 2.03. The molecule has 0 amide bonds. The molecule has 0 radical (unpaired) electrons. The molecule has 1 aromatic carbocycles. The molecule has 0 unspecified atom stereocenters. The first-order valence-electron chi connectivity index (χ1n) is 5.02. The third-order valence-electron chi connectivity index (χ3n) is 3.14. The second-order valence-electron chi connectivity index (χ2n) is 3.84. The molecular weight excluding hydrogens is 192 g/mol. The number of rotatable bonds is 2. The Morgan fingerprint density at radius 1 is 1.33 bits per heavy atom. The molecule has 0 bridgehead atoms. The number of ether oxygens (including phenoxy) is 3. The van der Waals surface area contributed by atoms with E-state index in [2.05, 4.69) is 0 Å². The highest BCUT2D eigenvalue weighted by Gasteiger charge is 2.42. The maximum atomic E-state index is 5.62. The van der Waals surface area contributed by atoms with Crippen LogP contribution in [0.15, 0.2) is 24.3 Å². The van der Waals surface area contributed by atoms with Crippen LogP contribution in [0.5, 0.6) is 5.75 Å². The Bertz CT molecular complexity index is 350. The molecule has 0 saturated carbocycles. The minimum absolute atomic E-state index is 0.0719. The first kappa shape index (κ1) is 10.5. The smallest absolute Gasteiger partial charge is 0.125 e. The zero-order valence-electron chi connectivity index (χ0n) is 9.32. The maximum Gasteiger partial charge on any atom is 0.125 e. The molecule has 2 rings (SSSR count). The average Bonchev–Trinajstić information content (AvgIpc) is 2.30. The van der Waals surface area contributed by atoms with Crippen LogP contribution in [0, 0.1) is 0 Å². The van der Waals surface area contributed by atoms with Gasteiger partial charge in [0.2, 0.25) is 0 Å². The number of methoxy groups -OCH3 is 2. The third kappa shape index (κ3) is 1.52. The van der Waals surface area contributed by atoms with E-state index in [1.54, 1.807) is 14.2 Å². The molecule has 1 heterocycles. The van der Waals surface area contributed by atoms with Crippen molar-refractivity contribution in [2.45, 2.75) is 18.6 Å². The Morgan fingerprint density at radius 3 is 2.73 bits per heavy atom. The van der Waals surface area contributed by atoms with E-state index in [4.69, 9.17) is 14.2 Å². The highest BCUT2D eigenvalue weighted by Crippen LogP contribution is 2.39. The molecular formula is C12H16O3. The SMILES string of the molecule is CO[C@@H]1COc2ccccc2[C@]1(C)OC. The Balaban J connectivity index is 2.48. The maximum absolute atomic E-state index is 5.62. The third-order valence-corrected chi connectivity index (χ3v) is 3.14. The van der Waals surface area contributed by atoms with Crippen molar-refractivity contribution in [2.24, 2.45) is 0 Å². The van der Waals surface area contributed by atoms with Crippen LogP contribution in [-0.4, -0.2) is 26.9 Å². The van der Waals surface area contributed by atoms with Gasteiger partial charge in [-0.25, -0.2) is 0 Å². The summed E-state index contributed by atoms with van der Waals surface area (Å²) in [6.07, 6.45) is -0.0719. The average molecular weight is 208 g/mol. The van der Waals surface area contributed by atoms with Gasteiger partial charge < -0.3 is 14.2 Å². The summed E-state index contributed by atoms with van der Waals surface area (Å²) in [4.78, 5) is 0. The van der Waals surface area contributed by atoms with Gasteiger partial charge in [-0.3, -0.25) is 0 Å². The molecule has 82 valence electrons. The molecule has 0 spiro atoms. The van der Waals surface area contributed by atoms with E-state index in [9.17, 15) is 0 Å². The molecule has 0 saturated heterocycles. The van der Waals surface area contributed by atoms with E-state index in [0.717, 1.165) is 11.3 Å². The van der Waals surface area contributed by atoms with Gasteiger partial charge in [0.25, 0.3) is 0 Å². The minimum atomic E-state index is -0.427. The van der Waals surface area contributed by atoms with Crippen LogP contribution < -0.4 is 4.74 Å². The quantitative estimate of drug-likeness (QED) is 0.743. The molecule has 2 atom stereocenters. The Morgan fingerprint density at radius 2 is 2.07 bits per heavy atom. The van der Waals surface area contributed by atoms with Gasteiger partial charge in [-0.05, 0) is 13.0 Å². The molecule has 1 aliphatic heterocycles. The standard InChI is InChI=1S/C12H16O3/c1-12(14-3)9-6-4-5-7-10(9)15-8-11(12)13-2/h4-7,11H,8H2,1-3H3/t11-,12+/m1/s1. The summed E-state index contributed by atoms with van der Waals surface area (Å²) >= 11 is 0. The summed E-state index contributed by atoms with van der Waals surface area (Å²) in [5.74, 6) is 0.884. The number of hydrogen-bond donors (Lipinski definition) is 0. The number of hydrogen-bond acceptors (Lipinski definition) is 3. The van der Waals surface area contributed by atoms with Crippen molar-refractivity contribution in [1.82, 2.24) is 0 Å². The van der Waals surface area contributed by atoms with Crippen molar-refractivity contribution in [2.75, 3.05) is 20.8 Å². The van der Waals surface area contributed by atoms with E-state index >= 15 is 0 Å². The Labute approximate surface area is 90.0 Å². The molecule has 0 aromatic heterocycles. The van der Waals surface area contributed by atoms with Gasteiger partial charge in [-0.15, -0.1) is 0 Å². The predicted octanol–water partition coefficient (Wildman–Crippen LogP) is 1.96. The molecule has 3 nitrogen and oxygen atoms in total. The minimum Gasteiger partial charge on any atom is -0.490 e. The van der Waals surface area contributed by atoms with Crippen molar-refractivity contribution >= 4 is 0 Å². The molecule has 0 aliphatic carbocycles. The Kier molecular flexibility index (Phi) is 2.67. The monoisotopic (exact) mass is 208 g/mol. The van der Waals surface area contributed by atoms with Crippen LogP contribution in [0.2, 0.25) is 0 Å². The van der Waals surface area contributed by atoms with Crippen molar-refractivity contribution in [3.05, 3.63) is 29.8 Å². The second kappa shape index (κ2) is 3.83. The predicted molar refractivity (Wildman–Crippen MR) is 57.1 cm³/mol. The highest BCUT2D eigenvalue weighted by atomic mass is 16.6. The number of fused-ring (bicyclic) bond motifs is 1. The zero-order valence-corrected chi connectivity index (χ0v) is 9.32. The van der Waals surface area contributed by atoms with Crippen molar-refractivity contribution in [1.29, 1.82) is 0 Å². The lowest BCUT2D eigenvalue weighted by Gasteiger charge is -2.40. The second-order valence-corrected chi connectivity index (χ2v) is 3.84. The van der Waals surface area contributed by atoms with Gasteiger partial charge in [-0.1, -0.05) is 18.2 Å². The van der Waals surface area contributed by atoms with Crippen LogP contribution in [-0.2, 0) is 15.1 Å². The fourth-order valence-corrected chi connectivity index (χ4v) is 2.03. The first-order valence-corrected chi connectivity index (χ1v) is 5.02. The normalized spacial score (nSPS) is 29.4. The highest BCUT2D eigenvalue weighted by molar-refractivity contribution is 5.40. The van der Waals surface area contributed by atoms with E-state index < -0.39 is 5.60 Å². The van der Waals surface area contributed by atoms with Gasteiger partial charge in [0.1, 0.15) is 24.1 Å². The molecule has 0 fully saturated rings. The van der Waals surface area contributed by atoms with Gasteiger partial charge >= 0.3 is 0 Å². The zero-order chi connectivity index (χ0) is 10.9. The van der Waals surface area contributed by atoms with E-state index in [0.29, 0.717) is 6.61 Å². The lowest BCUT2D eigenvalue weighted by atomic mass is 9.87. The number of benzene rings is 1. The number of para-hydroxylation sites is 1. The van der Waals surface area contributed by atoms with E-state index in [1.807, 2.05) is 31.2 Å². The summed E-state index contributed by atoms with van der Waals surface area (Å²) in [5, 5.41) is 0. The molecule has 1 aromatic rings. The van der Waals surface area contributed by atoms with Gasteiger partial charge in [-0.2, -0.15) is 0 Å². The summed E-state index contributed by atoms with van der Waals surface area (Å²) in [6, 6.07) is 7.92. The summed E-state index contributed by atoms with van der Waals surface area (Å²) in [6.45, 7) is 2.56. The van der Waals surface area contributed by atoms with Crippen molar-refractivity contribution < 1.29 is 14.2 Å². The molecule has 15 heavy (non-hydrogen) atoms.